The molecule has 2 saturated carbocycles. The van der Waals surface area contributed by atoms with E-state index in [0.717, 1.165) is 36.5 Å². The summed E-state index contributed by atoms with van der Waals surface area (Å²) in [5, 5.41) is 0. The van der Waals surface area contributed by atoms with Crippen molar-refractivity contribution >= 4 is 0 Å². The van der Waals surface area contributed by atoms with Gasteiger partial charge in [-0.3, -0.25) is 0 Å². The second-order valence-corrected chi connectivity index (χ2v) is 7.15. The third-order valence-electron chi connectivity index (χ3n) is 5.54. The van der Waals surface area contributed by atoms with Crippen LogP contribution in [0.5, 0.6) is 11.5 Å². The summed E-state index contributed by atoms with van der Waals surface area (Å²) in [6, 6.07) is 6.44. The minimum atomic E-state index is 0.160. The summed E-state index contributed by atoms with van der Waals surface area (Å²) in [7, 11) is 0. The van der Waals surface area contributed by atoms with Gasteiger partial charge in [0.1, 0.15) is 0 Å². The standard InChI is InChI=1S/C18H25NO2/c1-11-9-20-15-7-6-12(8-16(15)21-10-11)18(19)17-13-4-2-3-5-14(13)17/h6-8,11,13-14,17-18H,2-5,9-10,19H2,1H3. The first-order valence-corrected chi connectivity index (χ1v) is 8.39. The fraction of sp³-hybridized carbons (Fsp3) is 0.667. The molecule has 0 amide bonds. The van der Waals surface area contributed by atoms with Crippen LogP contribution in [0.25, 0.3) is 0 Å². The summed E-state index contributed by atoms with van der Waals surface area (Å²) in [6.45, 7) is 3.60. The fourth-order valence-corrected chi connectivity index (χ4v) is 4.28. The molecule has 1 aromatic carbocycles. The van der Waals surface area contributed by atoms with Crippen molar-refractivity contribution in [2.24, 2.45) is 29.4 Å². The molecule has 0 saturated heterocycles. The highest BCUT2D eigenvalue weighted by atomic mass is 16.5. The predicted octanol–water partition coefficient (Wildman–Crippen LogP) is 3.53. The highest BCUT2D eigenvalue weighted by Gasteiger charge is 2.53. The Hall–Kier alpha value is -1.22. The fourth-order valence-electron chi connectivity index (χ4n) is 4.28. The van der Waals surface area contributed by atoms with Crippen molar-refractivity contribution < 1.29 is 9.47 Å². The summed E-state index contributed by atoms with van der Waals surface area (Å²) in [4.78, 5) is 0. The molecule has 1 aromatic rings. The van der Waals surface area contributed by atoms with E-state index in [0.29, 0.717) is 11.8 Å². The van der Waals surface area contributed by atoms with E-state index in [1.807, 2.05) is 6.07 Å². The van der Waals surface area contributed by atoms with Gasteiger partial charge in [-0.25, -0.2) is 0 Å². The molecule has 2 N–H and O–H groups in total. The monoisotopic (exact) mass is 287 g/mol. The van der Waals surface area contributed by atoms with Crippen LogP contribution in [0.3, 0.4) is 0 Å². The zero-order valence-electron chi connectivity index (χ0n) is 12.8. The largest absolute Gasteiger partial charge is 0.489 e. The average molecular weight is 287 g/mol. The van der Waals surface area contributed by atoms with Crippen LogP contribution in [-0.4, -0.2) is 13.2 Å². The number of rotatable bonds is 2. The lowest BCUT2D eigenvalue weighted by molar-refractivity contribution is 0.228. The smallest absolute Gasteiger partial charge is 0.161 e. The Balaban J connectivity index is 1.53. The van der Waals surface area contributed by atoms with Crippen LogP contribution < -0.4 is 15.2 Å². The Kier molecular flexibility index (Phi) is 3.33. The van der Waals surface area contributed by atoms with E-state index in [4.69, 9.17) is 15.2 Å². The number of hydrogen-bond acceptors (Lipinski definition) is 3. The Morgan fingerprint density at radius 1 is 1.05 bits per heavy atom. The Labute approximate surface area is 126 Å². The molecule has 0 bridgehead atoms. The van der Waals surface area contributed by atoms with Gasteiger partial charge in [0.2, 0.25) is 0 Å². The second-order valence-electron chi connectivity index (χ2n) is 7.15. The number of fused-ring (bicyclic) bond motifs is 2. The maximum absolute atomic E-state index is 6.56. The lowest BCUT2D eigenvalue weighted by atomic mass is 10.0. The molecule has 21 heavy (non-hydrogen) atoms. The molecule has 3 aliphatic rings. The molecule has 114 valence electrons. The lowest BCUT2D eigenvalue weighted by Crippen LogP contribution is -2.14. The third-order valence-corrected chi connectivity index (χ3v) is 5.54. The first kappa shape index (κ1) is 13.4. The van der Waals surface area contributed by atoms with E-state index in [1.54, 1.807) is 0 Å². The van der Waals surface area contributed by atoms with Gasteiger partial charge in [0, 0.05) is 12.0 Å². The zero-order valence-corrected chi connectivity index (χ0v) is 12.8. The van der Waals surface area contributed by atoms with Crippen LogP contribution in [0.1, 0.15) is 44.2 Å². The average Bonchev–Trinajstić information content (AvgIpc) is 3.26. The van der Waals surface area contributed by atoms with Gasteiger partial charge in [-0.1, -0.05) is 25.8 Å². The molecule has 4 rings (SSSR count). The van der Waals surface area contributed by atoms with E-state index in [1.165, 1.54) is 31.2 Å². The van der Waals surface area contributed by atoms with Crippen molar-refractivity contribution in [1.82, 2.24) is 0 Å². The summed E-state index contributed by atoms with van der Waals surface area (Å²) in [5.74, 6) is 4.62. The number of nitrogens with two attached hydrogens (primary N) is 1. The van der Waals surface area contributed by atoms with Gasteiger partial charge in [0.15, 0.2) is 11.5 Å². The quantitative estimate of drug-likeness (QED) is 0.905. The molecule has 0 aromatic heterocycles. The summed E-state index contributed by atoms with van der Waals surface area (Å²) < 4.78 is 11.7. The van der Waals surface area contributed by atoms with Gasteiger partial charge in [-0.05, 0) is 48.3 Å². The van der Waals surface area contributed by atoms with Crippen LogP contribution in [0, 0.1) is 23.7 Å². The second kappa shape index (κ2) is 5.20. The van der Waals surface area contributed by atoms with Crippen molar-refractivity contribution in [3.05, 3.63) is 23.8 Å². The van der Waals surface area contributed by atoms with Crippen LogP contribution in [0.2, 0.25) is 0 Å². The molecule has 4 atom stereocenters. The third kappa shape index (κ3) is 2.42. The molecular formula is C18H25NO2. The molecule has 4 unspecified atom stereocenters. The molecule has 1 aliphatic heterocycles. The topological polar surface area (TPSA) is 44.5 Å². The Morgan fingerprint density at radius 3 is 2.43 bits per heavy atom. The Bertz CT molecular complexity index is 518. The van der Waals surface area contributed by atoms with Crippen LogP contribution in [-0.2, 0) is 0 Å². The van der Waals surface area contributed by atoms with E-state index in [2.05, 4.69) is 19.1 Å². The van der Waals surface area contributed by atoms with Gasteiger partial charge in [0.25, 0.3) is 0 Å². The molecule has 0 radical (unpaired) electrons. The molecular weight excluding hydrogens is 262 g/mol. The number of benzene rings is 1. The van der Waals surface area contributed by atoms with Gasteiger partial charge in [-0.15, -0.1) is 0 Å². The highest BCUT2D eigenvalue weighted by molar-refractivity contribution is 5.44. The van der Waals surface area contributed by atoms with Crippen molar-refractivity contribution in [1.29, 1.82) is 0 Å². The van der Waals surface area contributed by atoms with E-state index < -0.39 is 0 Å². The van der Waals surface area contributed by atoms with Crippen molar-refractivity contribution in [2.75, 3.05) is 13.2 Å². The minimum Gasteiger partial charge on any atom is -0.489 e. The predicted molar refractivity (Wildman–Crippen MR) is 82.5 cm³/mol. The van der Waals surface area contributed by atoms with Crippen molar-refractivity contribution in [3.8, 4) is 11.5 Å². The van der Waals surface area contributed by atoms with Crippen LogP contribution >= 0.6 is 0 Å². The van der Waals surface area contributed by atoms with Crippen molar-refractivity contribution in [2.45, 2.75) is 38.6 Å². The maximum Gasteiger partial charge on any atom is 0.161 e. The summed E-state index contributed by atoms with van der Waals surface area (Å²) >= 11 is 0. The van der Waals surface area contributed by atoms with Gasteiger partial charge < -0.3 is 15.2 Å². The Morgan fingerprint density at radius 2 is 1.71 bits per heavy atom. The van der Waals surface area contributed by atoms with Crippen molar-refractivity contribution in [3.63, 3.8) is 0 Å². The zero-order chi connectivity index (χ0) is 14.4. The van der Waals surface area contributed by atoms with Crippen LogP contribution in [0.15, 0.2) is 18.2 Å². The summed E-state index contributed by atoms with van der Waals surface area (Å²) in [6.07, 6.45) is 5.54. The first-order chi connectivity index (χ1) is 10.2. The molecule has 3 nitrogen and oxygen atoms in total. The highest BCUT2D eigenvalue weighted by Crippen LogP contribution is 2.59. The molecule has 2 aliphatic carbocycles. The lowest BCUT2D eigenvalue weighted by Gasteiger charge is -2.15. The van der Waals surface area contributed by atoms with Crippen LogP contribution in [0.4, 0.5) is 0 Å². The minimum absolute atomic E-state index is 0.160. The molecule has 0 spiro atoms. The molecule has 2 fully saturated rings. The van der Waals surface area contributed by atoms with Gasteiger partial charge in [-0.2, -0.15) is 0 Å². The van der Waals surface area contributed by atoms with E-state index >= 15 is 0 Å². The summed E-state index contributed by atoms with van der Waals surface area (Å²) in [5.41, 5.74) is 7.78. The SMILES string of the molecule is CC1COc2ccc(C(N)C3C4CCCCC43)cc2OC1. The van der Waals surface area contributed by atoms with E-state index in [9.17, 15) is 0 Å². The van der Waals surface area contributed by atoms with E-state index in [-0.39, 0.29) is 6.04 Å². The van der Waals surface area contributed by atoms with Gasteiger partial charge in [0.05, 0.1) is 13.2 Å². The number of ether oxygens (including phenoxy) is 2. The molecule has 3 heteroatoms. The normalized spacial score (nSPS) is 35.5. The number of hydrogen-bond donors (Lipinski definition) is 1. The first-order valence-electron chi connectivity index (χ1n) is 8.39. The van der Waals surface area contributed by atoms with Gasteiger partial charge >= 0.3 is 0 Å². The molecule has 1 heterocycles. The maximum atomic E-state index is 6.56.